The second-order valence-electron chi connectivity index (χ2n) is 2.62. The van der Waals surface area contributed by atoms with Crippen LogP contribution >= 0.6 is 15.9 Å². The van der Waals surface area contributed by atoms with Crippen molar-refractivity contribution in [1.82, 2.24) is 0 Å². The van der Waals surface area contributed by atoms with Crippen molar-refractivity contribution in [1.29, 1.82) is 0 Å². The molecule has 1 aliphatic rings. The van der Waals surface area contributed by atoms with Gasteiger partial charge in [-0.05, 0) is 10.6 Å². The first-order valence-electron chi connectivity index (χ1n) is 3.58. The van der Waals surface area contributed by atoms with E-state index in [2.05, 4.69) is 15.9 Å². The molecule has 2 nitrogen and oxygen atoms in total. The van der Waals surface area contributed by atoms with E-state index in [0.717, 1.165) is 5.57 Å². The molecule has 0 saturated heterocycles. The van der Waals surface area contributed by atoms with Gasteiger partial charge in [0.15, 0.2) is 0 Å². The molecule has 1 atom stereocenters. The molecule has 0 aliphatic heterocycles. The lowest BCUT2D eigenvalue weighted by molar-refractivity contribution is -0.133. The van der Waals surface area contributed by atoms with Crippen LogP contribution in [0.15, 0.2) is 34.4 Å². The van der Waals surface area contributed by atoms with Crippen LogP contribution in [-0.2, 0) is 4.79 Å². The van der Waals surface area contributed by atoms with Crippen molar-refractivity contribution in [3.8, 4) is 0 Å². The zero-order valence-corrected chi connectivity index (χ0v) is 8.21. The van der Waals surface area contributed by atoms with Gasteiger partial charge in [0, 0.05) is 11.5 Å². The van der Waals surface area contributed by atoms with Crippen LogP contribution in [0, 0.1) is 5.92 Å². The quantitative estimate of drug-likeness (QED) is 0.749. The SMILES string of the molecule is CC1C(C(=O)O)=CC=C/C1=C\Br. The molecular weight excluding hydrogens is 220 g/mol. The van der Waals surface area contributed by atoms with E-state index < -0.39 is 5.97 Å². The second kappa shape index (κ2) is 3.72. The maximum atomic E-state index is 10.7. The summed E-state index contributed by atoms with van der Waals surface area (Å²) >= 11 is 3.19. The minimum Gasteiger partial charge on any atom is -0.478 e. The third-order valence-electron chi connectivity index (χ3n) is 1.90. The number of carbonyl (C=O) groups is 1. The molecule has 0 spiro atoms. The molecule has 1 aliphatic carbocycles. The molecule has 0 aromatic rings. The Morgan fingerprint density at radius 2 is 2.42 bits per heavy atom. The maximum absolute atomic E-state index is 10.7. The number of aliphatic carboxylic acids is 1. The Labute approximate surface area is 79.4 Å². The zero-order valence-electron chi connectivity index (χ0n) is 6.62. The molecule has 1 N–H and O–H groups in total. The monoisotopic (exact) mass is 228 g/mol. The maximum Gasteiger partial charge on any atom is 0.332 e. The second-order valence-corrected chi connectivity index (χ2v) is 3.07. The predicted octanol–water partition coefficient (Wildman–Crippen LogP) is 2.48. The first-order chi connectivity index (χ1) is 5.66. The Kier molecular flexibility index (Phi) is 2.87. The molecular formula is C9H9BrO2. The van der Waals surface area contributed by atoms with Gasteiger partial charge in [-0.25, -0.2) is 4.79 Å². The molecule has 3 heteroatoms. The van der Waals surface area contributed by atoms with Gasteiger partial charge >= 0.3 is 5.97 Å². The third-order valence-corrected chi connectivity index (χ3v) is 2.43. The van der Waals surface area contributed by atoms with E-state index in [1.807, 2.05) is 13.0 Å². The molecule has 64 valence electrons. The van der Waals surface area contributed by atoms with Gasteiger partial charge in [-0.15, -0.1) is 0 Å². The first-order valence-corrected chi connectivity index (χ1v) is 4.50. The van der Waals surface area contributed by atoms with E-state index in [0.29, 0.717) is 5.57 Å². The minimum absolute atomic E-state index is 0.0353. The van der Waals surface area contributed by atoms with Crippen LogP contribution in [0.2, 0.25) is 0 Å². The number of halogens is 1. The van der Waals surface area contributed by atoms with E-state index in [9.17, 15) is 4.79 Å². The smallest absolute Gasteiger partial charge is 0.332 e. The molecule has 12 heavy (non-hydrogen) atoms. The van der Waals surface area contributed by atoms with Crippen molar-refractivity contribution in [2.75, 3.05) is 0 Å². The van der Waals surface area contributed by atoms with Crippen molar-refractivity contribution in [2.24, 2.45) is 5.92 Å². The Morgan fingerprint density at radius 1 is 1.75 bits per heavy atom. The van der Waals surface area contributed by atoms with E-state index >= 15 is 0 Å². The lowest BCUT2D eigenvalue weighted by Gasteiger charge is -2.15. The summed E-state index contributed by atoms with van der Waals surface area (Å²) < 4.78 is 0. The number of carboxylic acids is 1. The van der Waals surface area contributed by atoms with Gasteiger partial charge in [0.25, 0.3) is 0 Å². The van der Waals surface area contributed by atoms with Crippen molar-refractivity contribution >= 4 is 21.9 Å². The molecule has 1 rings (SSSR count). The summed E-state index contributed by atoms with van der Waals surface area (Å²) in [6.07, 6.45) is 5.27. The van der Waals surface area contributed by atoms with E-state index in [4.69, 9.17) is 5.11 Å². The summed E-state index contributed by atoms with van der Waals surface area (Å²) in [5.41, 5.74) is 1.41. The lowest BCUT2D eigenvalue weighted by Crippen LogP contribution is -2.12. The highest BCUT2D eigenvalue weighted by molar-refractivity contribution is 9.11. The molecule has 0 bridgehead atoms. The predicted molar refractivity (Wildman–Crippen MR) is 51.0 cm³/mol. The normalized spacial score (nSPS) is 25.7. The molecule has 0 amide bonds. The summed E-state index contributed by atoms with van der Waals surface area (Å²) in [6.45, 7) is 1.87. The van der Waals surface area contributed by atoms with Gasteiger partial charge in [0.2, 0.25) is 0 Å². The Morgan fingerprint density at radius 3 is 2.92 bits per heavy atom. The molecule has 1 unspecified atom stereocenters. The fraction of sp³-hybridized carbons (Fsp3) is 0.222. The fourth-order valence-electron chi connectivity index (χ4n) is 1.12. The fourth-order valence-corrected chi connectivity index (χ4v) is 1.67. The summed E-state index contributed by atoms with van der Waals surface area (Å²) in [7, 11) is 0. The summed E-state index contributed by atoms with van der Waals surface area (Å²) in [6, 6.07) is 0. The average Bonchev–Trinajstić information content (AvgIpc) is 2.04. The van der Waals surface area contributed by atoms with E-state index in [1.54, 1.807) is 17.1 Å². The van der Waals surface area contributed by atoms with Crippen molar-refractivity contribution in [3.05, 3.63) is 34.4 Å². The number of rotatable bonds is 1. The van der Waals surface area contributed by atoms with E-state index in [-0.39, 0.29) is 5.92 Å². The number of hydrogen-bond acceptors (Lipinski definition) is 1. The molecule has 0 aromatic heterocycles. The Hall–Kier alpha value is -0.830. The first kappa shape index (κ1) is 9.26. The summed E-state index contributed by atoms with van der Waals surface area (Å²) in [5.74, 6) is -0.884. The molecule has 0 aromatic carbocycles. The van der Waals surface area contributed by atoms with E-state index in [1.165, 1.54) is 0 Å². The van der Waals surface area contributed by atoms with Gasteiger partial charge in [0.1, 0.15) is 0 Å². The van der Waals surface area contributed by atoms with Gasteiger partial charge < -0.3 is 5.11 Å². The van der Waals surface area contributed by atoms with Crippen LogP contribution in [0.4, 0.5) is 0 Å². The van der Waals surface area contributed by atoms with Crippen LogP contribution in [0.5, 0.6) is 0 Å². The number of carboxylic acid groups (broad SMARTS) is 1. The highest BCUT2D eigenvalue weighted by Gasteiger charge is 2.19. The average molecular weight is 229 g/mol. The minimum atomic E-state index is -0.848. The van der Waals surface area contributed by atoms with Crippen LogP contribution < -0.4 is 0 Å². The lowest BCUT2D eigenvalue weighted by atomic mass is 9.90. The molecule has 0 radical (unpaired) electrons. The van der Waals surface area contributed by atoms with Crippen molar-refractivity contribution in [3.63, 3.8) is 0 Å². The topological polar surface area (TPSA) is 37.3 Å². The zero-order chi connectivity index (χ0) is 9.14. The Bertz CT molecular complexity index is 287. The molecule has 0 heterocycles. The van der Waals surface area contributed by atoms with Crippen LogP contribution in [0.1, 0.15) is 6.92 Å². The third kappa shape index (κ3) is 1.67. The number of allylic oxidation sites excluding steroid dienone is 4. The van der Waals surface area contributed by atoms with Gasteiger partial charge in [-0.3, -0.25) is 0 Å². The largest absolute Gasteiger partial charge is 0.478 e. The summed E-state index contributed by atoms with van der Waals surface area (Å²) in [4.78, 5) is 12.4. The van der Waals surface area contributed by atoms with Crippen LogP contribution in [-0.4, -0.2) is 11.1 Å². The van der Waals surface area contributed by atoms with Gasteiger partial charge in [-0.1, -0.05) is 41.1 Å². The van der Waals surface area contributed by atoms with Gasteiger partial charge in [0.05, 0.1) is 0 Å². The van der Waals surface area contributed by atoms with Crippen LogP contribution in [0.25, 0.3) is 0 Å². The Balaban J connectivity index is 2.98. The highest BCUT2D eigenvalue weighted by Crippen LogP contribution is 2.26. The van der Waals surface area contributed by atoms with Gasteiger partial charge in [-0.2, -0.15) is 0 Å². The van der Waals surface area contributed by atoms with Crippen LogP contribution in [0.3, 0.4) is 0 Å². The highest BCUT2D eigenvalue weighted by atomic mass is 79.9. The standard InChI is InChI=1S/C9H9BrO2/c1-6-7(5-10)3-2-4-8(6)9(11)12/h2-6H,1H3,(H,11,12)/b7-5+. The van der Waals surface area contributed by atoms with Crippen molar-refractivity contribution < 1.29 is 9.90 Å². The molecule has 0 saturated carbocycles. The molecule has 0 fully saturated rings. The summed E-state index contributed by atoms with van der Waals surface area (Å²) in [5, 5.41) is 8.78. The number of hydrogen-bond donors (Lipinski definition) is 1. The van der Waals surface area contributed by atoms with Crippen molar-refractivity contribution in [2.45, 2.75) is 6.92 Å².